The highest BCUT2D eigenvalue weighted by Crippen LogP contribution is 2.34. The summed E-state index contributed by atoms with van der Waals surface area (Å²) >= 11 is 7.96. The van der Waals surface area contributed by atoms with Crippen LogP contribution in [-0.4, -0.2) is 8.76 Å². The first-order chi connectivity index (χ1) is 4.63. The van der Waals surface area contributed by atoms with Crippen LogP contribution in [0.4, 0.5) is 0 Å². The van der Waals surface area contributed by atoms with E-state index in [9.17, 15) is 4.21 Å². The Morgan fingerprint density at radius 3 is 2.60 bits per heavy atom. The number of thiophene rings is 1. The minimum atomic E-state index is -1.94. The Labute approximate surface area is 77.6 Å². The van der Waals surface area contributed by atoms with Crippen LogP contribution in [-0.2, 0) is 11.1 Å². The normalized spacial score (nSPS) is 13.5. The lowest BCUT2D eigenvalue weighted by atomic mass is 10.7. The quantitative estimate of drug-likeness (QED) is 0.789. The van der Waals surface area contributed by atoms with Crippen molar-refractivity contribution in [3.63, 3.8) is 0 Å². The van der Waals surface area contributed by atoms with Gasteiger partial charge in [0.05, 0.1) is 9.37 Å². The summed E-state index contributed by atoms with van der Waals surface area (Å²) in [6.45, 7) is 0. The molecule has 10 heavy (non-hydrogen) atoms. The molecule has 0 aliphatic rings. The third-order valence-electron chi connectivity index (χ3n) is 0.846. The average Bonchev–Trinajstić information content (AvgIpc) is 2.14. The Balaban J connectivity index is 3.17. The fraction of sp³-hybridized carbons (Fsp3) is 0. The van der Waals surface area contributed by atoms with Crippen LogP contribution < -0.4 is 0 Å². The lowest BCUT2D eigenvalue weighted by Crippen LogP contribution is -1.84. The molecular formula is C4H2BrClO2S2. The van der Waals surface area contributed by atoms with Gasteiger partial charge in [0, 0.05) is 5.38 Å². The maximum absolute atomic E-state index is 10.5. The van der Waals surface area contributed by atoms with Crippen LogP contribution in [0.25, 0.3) is 0 Å². The van der Waals surface area contributed by atoms with Crippen LogP contribution in [0.1, 0.15) is 0 Å². The van der Waals surface area contributed by atoms with E-state index in [1.54, 1.807) is 5.38 Å². The standard InChI is InChI=1S/C4H2BrClO2S2/c5-3-2(10(7)8)1-9-4(3)6/h1H,(H,7,8). The van der Waals surface area contributed by atoms with Crippen molar-refractivity contribution >= 4 is 49.9 Å². The molecule has 0 aliphatic carbocycles. The van der Waals surface area contributed by atoms with Gasteiger partial charge in [0.1, 0.15) is 4.34 Å². The Morgan fingerprint density at radius 1 is 1.80 bits per heavy atom. The zero-order valence-corrected chi connectivity index (χ0v) is 8.48. The highest BCUT2D eigenvalue weighted by molar-refractivity contribution is 9.10. The summed E-state index contributed by atoms with van der Waals surface area (Å²) in [6, 6.07) is 0. The summed E-state index contributed by atoms with van der Waals surface area (Å²) in [6.07, 6.45) is 0. The molecule has 0 amide bonds. The van der Waals surface area contributed by atoms with Gasteiger partial charge in [0.15, 0.2) is 11.1 Å². The predicted octanol–water partition coefficient (Wildman–Crippen LogP) is 2.74. The molecule has 1 aromatic heterocycles. The van der Waals surface area contributed by atoms with E-state index in [-0.39, 0.29) is 0 Å². The molecule has 6 heteroatoms. The Kier molecular flexibility index (Phi) is 2.88. The van der Waals surface area contributed by atoms with Crippen LogP contribution >= 0.6 is 38.9 Å². The average molecular weight is 262 g/mol. The maximum atomic E-state index is 10.5. The van der Waals surface area contributed by atoms with Crippen LogP contribution in [0.2, 0.25) is 4.34 Å². The lowest BCUT2D eigenvalue weighted by Gasteiger charge is -1.87. The van der Waals surface area contributed by atoms with Crippen LogP contribution in [0.5, 0.6) is 0 Å². The fourth-order valence-electron chi connectivity index (χ4n) is 0.423. The maximum Gasteiger partial charge on any atom is 0.188 e. The van der Waals surface area contributed by atoms with Crippen molar-refractivity contribution in [1.82, 2.24) is 0 Å². The Bertz CT molecular complexity index is 272. The Morgan fingerprint density at radius 2 is 2.40 bits per heavy atom. The second-order valence-corrected chi connectivity index (χ2v) is 4.65. The summed E-state index contributed by atoms with van der Waals surface area (Å²) < 4.78 is 20.1. The SMILES string of the molecule is O=S(O)c1csc(Cl)c1Br. The van der Waals surface area contributed by atoms with Crippen molar-refractivity contribution in [2.24, 2.45) is 0 Å². The molecule has 0 bridgehead atoms. The first-order valence-corrected chi connectivity index (χ1v) is 5.32. The van der Waals surface area contributed by atoms with E-state index in [1.807, 2.05) is 0 Å². The third-order valence-corrected chi connectivity index (χ3v) is 4.49. The first kappa shape index (κ1) is 8.67. The number of hydrogen-bond acceptors (Lipinski definition) is 2. The van der Waals surface area contributed by atoms with E-state index in [0.29, 0.717) is 13.7 Å². The van der Waals surface area contributed by atoms with E-state index < -0.39 is 11.1 Å². The van der Waals surface area contributed by atoms with Gasteiger partial charge in [0.25, 0.3) is 0 Å². The van der Waals surface area contributed by atoms with E-state index >= 15 is 0 Å². The van der Waals surface area contributed by atoms with Gasteiger partial charge in [-0.1, -0.05) is 11.6 Å². The van der Waals surface area contributed by atoms with Crippen molar-refractivity contribution in [3.05, 3.63) is 14.2 Å². The zero-order valence-electron chi connectivity index (χ0n) is 4.51. The van der Waals surface area contributed by atoms with Crippen molar-refractivity contribution in [1.29, 1.82) is 0 Å². The molecule has 0 aliphatic heterocycles. The predicted molar refractivity (Wildman–Crippen MR) is 46.1 cm³/mol. The molecule has 1 rings (SSSR count). The summed E-state index contributed by atoms with van der Waals surface area (Å²) in [5.74, 6) is 0. The summed E-state index contributed by atoms with van der Waals surface area (Å²) in [5, 5.41) is 1.54. The molecule has 1 N–H and O–H groups in total. The number of halogens is 2. The summed E-state index contributed by atoms with van der Waals surface area (Å²) in [4.78, 5) is 0.329. The van der Waals surface area contributed by atoms with Crippen LogP contribution in [0, 0.1) is 0 Å². The molecule has 0 saturated heterocycles. The van der Waals surface area contributed by atoms with Gasteiger partial charge in [-0.15, -0.1) is 11.3 Å². The molecule has 0 fully saturated rings. The van der Waals surface area contributed by atoms with Gasteiger partial charge in [0.2, 0.25) is 0 Å². The Hall–Kier alpha value is 0.580. The van der Waals surface area contributed by atoms with E-state index in [2.05, 4.69) is 15.9 Å². The molecule has 0 radical (unpaired) electrons. The molecule has 0 aromatic carbocycles. The van der Waals surface area contributed by atoms with Crippen molar-refractivity contribution < 1.29 is 8.76 Å². The van der Waals surface area contributed by atoms with Gasteiger partial charge in [-0.25, -0.2) is 4.21 Å². The van der Waals surface area contributed by atoms with Gasteiger partial charge >= 0.3 is 0 Å². The monoisotopic (exact) mass is 260 g/mol. The second kappa shape index (κ2) is 3.32. The zero-order chi connectivity index (χ0) is 7.72. The topological polar surface area (TPSA) is 37.3 Å². The van der Waals surface area contributed by atoms with Gasteiger partial charge in [-0.3, -0.25) is 0 Å². The number of rotatable bonds is 1. The van der Waals surface area contributed by atoms with Crippen LogP contribution in [0.3, 0.4) is 0 Å². The van der Waals surface area contributed by atoms with Crippen molar-refractivity contribution in [2.45, 2.75) is 4.90 Å². The third kappa shape index (κ3) is 1.60. The molecular weight excluding hydrogens is 260 g/mol. The highest BCUT2D eigenvalue weighted by atomic mass is 79.9. The smallest absolute Gasteiger partial charge is 0.188 e. The molecule has 1 heterocycles. The van der Waals surface area contributed by atoms with Gasteiger partial charge in [-0.2, -0.15) is 0 Å². The van der Waals surface area contributed by atoms with E-state index in [4.69, 9.17) is 16.2 Å². The molecule has 0 saturated carbocycles. The van der Waals surface area contributed by atoms with E-state index in [0.717, 1.165) is 0 Å². The molecule has 0 spiro atoms. The van der Waals surface area contributed by atoms with Crippen molar-refractivity contribution in [2.75, 3.05) is 0 Å². The molecule has 2 nitrogen and oxygen atoms in total. The minimum absolute atomic E-state index is 0.329. The van der Waals surface area contributed by atoms with Gasteiger partial charge in [-0.05, 0) is 15.9 Å². The highest BCUT2D eigenvalue weighted by Gasteiger charge is 2.10. The molecule has 56 valence electrons. The summed E-state index contributed by atoms with van der Waals surface area (Å²) in [5.41, 5.74) is 0. The van der Waals surface area contributed by atoms with Crippen molar-refractivity contribution in [3.8, 4) is 0 Å². The number of hydrogen-bond donors (Lipinski definition) is 1. The second-order valence-electron chi connectivity index (χ2n) is 1.44. The largest absolute Gasteiger partial charge is 0.302 e. The van der Waals surface area contributed by atoms with Gasteiger partial charge < -0.3 is 4.55 Å². The molecule has 1 atom stereocenters. The lowest BCUT2D eigenvalue weighted by molar-refractivity contribution is 0.564. The minimum Gasteiger partial charge on any atom is -0.302 e. The fourth-order valence-corrected chi connectivity index (χ4v) is 3.01. The molecule has 1 aromatic rings. The van der Waals surface area contributed by atoms with E-state index in [1.165, 1.54) is 11.3 Å². The van der Waals surface area contributed by atoms with Crippen LogP contribution in [0.15, 0.2) is 14.7 Å². The molecule has 1 unspecified atom stereocenters. The summed E-state index contributed by atoms with van der Waals surface area (Å²) in [7, 11) is 0. The first-order valence-electron chi connectivity index (χ1n) is 2.16.